The molecule has 0 radical (unpaired) electrons. The number of aromatic nitrogens is 5. The van der Waals surface area contributed by atoms with E-state index in [1.165, 1.54) is 60.0 Å². The second kappa shape index (κ2) is 15.4. The van der Waals surface area contributed by atoms with Gasteiger partial charge < -0.3 is 9.13 Å². The maximum absolute atomic E-state index is 4.96. The second-order valence-corrected chi connectivity index (χ2v) is 16.8. The van der Waals surface area contributed by atoms with Crippen LogP contribution in [0.4, 0.5) is 0 Å². The average molecular weight is 842 g/mol. The van der Waals surface area contributed by atoms with Gasteiger partial charge >= 0.3 is 0 Å². The number of fused-ring (bicyclic) bond motifs is 7. The van der Waals surface area contributed by atoms with Crippen LogP contribution in [0.25, 0.3) is 122 Å². The SMILES string of the molecule is c1ccc(-c2nc(-c3ccccc3)nc(-c3ccc(-c4ccc5c(c4)c4ccccc4n5-c4ccc(-c5ccc6c7ccccc7n(-c7ccccc7)c6c5)c5ccccc45)cc3)n2)cc1. The number of hydrogen-bond acceptors (Lipinski definition) is 3. The molecule has 66 heavy (non-hydrogen) atoms. The van der Waals surface area contributed by atoms with Crippen LogP contribution in [0.1, 0.15) is 0 Å². The van der Waals surface area contributed by atoms with Gasteiger partial charge in [-0.3, -0.25) is 0 Å². The Morgan fingerprint density at radius 2 is 0.697 bits per heavy atom. The molecule has 13 rings (SSSR count). The topological polar surface area (TPSA) is 48.5 Å². The fourth-order valence-electron chi connectivity index (χ4n) is 9.88. The molecule has 3 heterocycles. The normalized spacial score (nSPS) is 11.6. The first-order valence-corrected chi connectivity index (χ1v) is 22.4. The van der Waals surface area contributed by atoms with Crippen molar-refractivity contribution in [2.24, 2.45) is 0 Å². The second-order valence-electron chi connectivity index (χ2n) is 16.8. The third-order valence-electron chi connectivity index (χ3n) is 13.0. The summed E-state index contributed by atoms with van der Waals surface area (Å²) in [4.78, 5) is 14.8. The summed E-state index contributed by atoms with van der Waals surface area (Å²) in [5.41, 5.74) is 14.5. The van der Waals surface area contributed by atoms with Gasteiger partial charge in [0.2, 0.25) is 0 Å². The highest BCUT2D eigenvalue weighted by Gasteiger charge is 2.19. The van der Waals surface area contributed by atoms with Crippen molar-refractivity contribution in [3.05, 3.63) is 237 Å². The Labute approximate surface area is 381 Å². The van der Waals surface area contributed by atoms with E-state index in [1.54, 1.807) is 0 Å². The molecule has 0 aliphatic heterocycles. The molecule has 0 saturated heterocycles. The predicted octanol–water partition coefficient (Wildman–Crippen LogP) is 15.6. The van der Waals surface area contributed by atoms with Crippen molar-refractivity contribution < 1.29 is 0 Å². The molecule has 0 atom stereocenters. The first-order valence-electron chi connectivity index (χ1n) is 22.4. The van der Waals surface area contributed by atoms with Crippen LogP contribution >= 0.6 is 0 Å². The van der Waals surface area contributed by atoms with Gasteiger partial charge in [-0.05, 0) is 76.2 Å². The first-order chi connectivity index (χ1) is 32.7. The Hall–Kier alpha value is -8.93. The highest BCUT2D eigenvalue weighted by molar-refractivity contribution is 6.14. The molecule has 0 aliphatic rings. The van der Waals surface area contributed by atoms with Crippen molar-refractivity contribution in [1.82, 2.24) is 24.1 Å². The van der Waals surface area contributed by atoms with Crippen LogP contribution in [-0.4, -0.2) is 24.1 Å². The first kappa shape index (κ1) is 37.6. The van der Waals surface area contributed by atoms with Crippen molar-refractivity contribution in [3.63, 3.8) is 0 Å². The number of benzene rings is 10. The lowest BCUT2D eigenvalue weighted by Crippen LogP contribution is -2.00. The van der Waals surface area contributed by atoms with E-state index in [0.717, 1.165) is 44.7 Å². The molecule has 0 aliphatic carbocycles. The molecule has 3 aromatic heterocycles. The van der Waals surface area contributed by atoms with E-state index in [2.05, 4.69) is 185 Å². The minimum Gasteiger partial charge on any atom is -0.309 e. The molecular weight excluding hydrogens is 803 g/mol. The van der Waals surface area contributed by atoms with E-state index in [1.807, 2.05) is 60.7 Å². The van der Waals surface area contributed by atoms with Crippen LogP contribution in [0, 0.1) is 0 Å². The number of rotatable bonds is 7. The third-order valence-corrected chi connectivity index (χ3v) is 13.0. The lowest BCUT2D eigenvalue weighted by atomic mass is 9.96. The van der Waals surface area contributed by atoms with E-state index >= 15 is 0 Å². The van der Waals surface area contributed by atoms with Gasteiger partial charge in [0.05, 0.1) is 27.8 Å². The lowest BCUT2D eigenvalue weighted by Gasteiger charge is -2.15. The van der Waals surface area contributed by atoms with Crippen molar-refractivity contribution in [2.45, 2.75) is 0 Å². The average Bonchev–Trinajstić information content (AvgIpc) is 3.91. The van der Waals surface area contributed by atoms with Crippen LogP contribution in [0.2, 0.25) is 0 Å². The summed E-state index contributed by atoms with van der Waals surface area (Å²) in [7, 11) is 0. The van der Waals surface area contributed by atoms with Crippen LogP contribution < -0.4 is 0 Å². The van der Waals surface area contributed by atoms with Gasteiger partial charge in [-0.15, -0.1) is 0 Å². The molecule has 308 valence electrons. The quantitative estimate of drug-likeness (QED) is 0.161. The van der Waals surface area contributed by atoms with Gasteiger partial charge in [-0.1, -0.05) is 188 Å². The molecule has 5 heteroatoms. The van der Waals surface area contributed by atoms with Crippen LogP contribution in [0.5, 0.6) is 0 Å². The highest BCUT2D eigenvalue weighted by Crippen LogP contribution is 2.41. The van der Waals surface area contributed by atoms with Gasteiger partial charge in [-0.2, -0.15) is 0 Å². The van der Waals surface area contributed by atoms with Crippen molar-refractivity contribution in [3.8, 4) is 67.8 Å². The zero-order valence-corrected chi connectivity index (χ0v) is 35.8. The zero-order valence-electron chi connectivity index (χ0n) is 35.8. The molecule has 0 amide bonds. The van der Waals surface area contributed by atoms with Crippen molar-refractivity contribution in [2.75, 3.05) is 0 Å². The Kier molecular flexibility index (Phi) is 8.78. The van der Waals surface area contributed by atoms with Crippen LogP contribution in [-0.2, 0) is 0 Å². The minimum atomic E-state index is 0.641. The maximum atomic E-state index is 4.96. The molecule has 0 saturated carbocycles. The van der Waals surface area contributed by atoms with Gasteiger partial charge in [0.25, 0.3) is 0 Å². The van der Waals surface area contributed by atoms with E-state index < -0.39 is 0 Å². The summed E-state index contributed by atoms with van der Waals surface area (Å²) in [6.45, 7) is 0. The van der Waals surface area contributed by atoms with Gasteiger partial charge in [-0.25, -0.2) is 15.0 Å². The van der Waals surface area contributed by atoms with Crippen LogP contribution in [0.3, 0.4) is 0 Å². The van der Waals surface area contributed by atoms with Gasteiger partial charge in [0, 0.05) is 49.3 Å². The molecule has 0 spiro atoms. The summed E-state index contributed by atoms with van der Waals surface area (Å²) < 4.78 is 4.83. The van der Waals surface area contributed by atoms with E-state index in [9.17, 15) is 0 Å². The standard InChI is InChI=1S/C61H39N5/c1-4-16-41(17-5-1)59-62-60(42-18-6-2-7-19-42)64-61(63-59)43-30-28-40(29-31-43)44-33-36-57-53(38-44)51-25-13-15-27-55(51)66(57)56-37-35-47(48-22-10-11-23-49(48)56)45-32-34-52-50-24-12-14-26-54(50)65(58(52)39-45)46-20-8-3-9-21-46/h1-39H. The largest absolute Gasteiger partial charge is 0.309 e. The molecular formula is C61H39N5. The number of hydrogen-bond donors (Lipinski definition) is 0. The number of para-hydroxylation sites is 3. The van der Waals surface area contributed by atoms with E-state index in [-0.39, 0.29) is 0 Å². The zero-order chi connectivity index (χ0) is 43.6. The van der Waals surface area contributed by atoms with Crippen molar-refractivity contribution in [1.29, 1.82) is 0 Å². The van der Waals surface area contributed by atoms with Crippen LogP contribution in [0.15, 0.2) is 237 Å². The maximum Gasteiger partial charge on any atom is 0.164 e. The lowest BCUT2D eigenvalue weighted by molar-refractivity contribution is 1.07. The van der Waals surface area contributed by atoms with Gasteiger partial charge in [0.15, 0.2) is 17.5 Å². The summed E-state index contributed by atoms with van der Waals surface area (Å²) in [6.07, 6.45) is 0. The highest BCUT2D eigenvalue weighted by atomic mass is 15.0. The molecule has 5 nitrogen and oxygen atoms in total. The fourth-order valence-corrected chi connectivity index (χ4v) is 9.88. The molecule has 0 unspecified atom stereocenters. The molecule has 0 N–H and O–H groups in total. The van der Waals surface area contributed by atoms with E-state index in [0.29, 0.717) is 17.5 Å². The summed E-state index contributed by atoms with van der Waals surface area (Å²) in [5.74, 6) is 1.94. The third kappa shape index (κ3) is 6.21. The monoisotopic (exact) mass is 841 g/mol. The summed E-state index contributed by atoms with van der Waals surface area (Å²) in [5, 5.41) is 7.33. The Morgan fingerprint density at radius 1 is 0.242 bits per heavy atom. The Balaban J connectivity index is 0.904. The van der Waals surface area contributed by atoms with Crippen molar-refractivity contribution >= 4 is 54.4 Å². The van der Waals surface area contributed by atoms with E-state index in [4.69, 9.17) is 15.0 Å². The predicted molar refractivity (Wildman–Crippen MR) is 273 cm³/mol. The molecule has 13 aromatic rings. The Bertz CT molecular complexity index is 3910. The molecule has 0 bridgehead atoms. The molecule has 0 fully saturated rings. The minimum absolute atomic E-state index is 0.641. The summed E-state index contributed by atoms with van der Waals surface area (Å²) in [6, 6.07) is 84.2. The fraction of sp³-hybridized carbons (Fsp3) is 0. The Morgan fingerprint density at radius 3 is 1.35 bits per heavy atom. The molecule has 10 aromatic carbocycles. The number of nitrogens with zero attached hydrogens (tertiary/aromatic N) is 5. The smallest absolute Gasteiger partial charge is 0.164 e. The summed E-state index contributed by atoms with van der Waals surface area (Å²) >= 11 is 0. The van der Waals surface area contributed by atoms with Gasteiger partial charge in [0.1, 0.15) is 0 Å².